The number of esters is 1. The molecule has 0 fully saturated rings. The highest BCUT2D eigenvalue weighted by Gasteiger charge is 2.25. The summed E-state index contributed by atoms with van der Waals surface area (Å²) in [4.78, 5) is 32.1. The molecular formula is C21H23N3O4. The molecule has 0 saturated carbocycles. The van der Waals surface area contributed by atoms with Crippen LogP contribution in [0.3, 0.4) is 0 Å². The summed E-state index contributed by atoms with van der Waals surface area (Å²) in [6.45, 7) is 3.65. The van der Waals surface area contributed by atoms with E-state index in [4.69, 9.17) is 9.47 Å². The van der Waals surface area contributed by atoms with E-state index in [1.165, 1.54) is 0 Å². The zero-order chi connectivity index (χ0) is 19.9. The Hall–Kier alpha value is -3.35. The molecule has 146 valence electrons. The first-order valence-corrected chi connectivity index (χ1v) is 9.11. The fourth-order valence-corrected chi connectivity index (χ4v) is 2.82. The van der Waals surface area contributed by atoms with Crippen LogP contribution >= 0.6 is 0 Å². The normalized spacial score (nSPS) is 12.0. The monoisotopic (exact) mass is 381 g/mol. The van der Waals surface area contributed by atoms with Crippen LogP contribution in [0.4, 0.5) is 4.79 Å². The van der Waals surface area contributed by atoms with Crippen LogP contribution in [0.5, 0.6) is 0 Å². The number of fused-ring (bicyclic) bond motifs is 1. The van der Waals surface area contributed by atoms with E-state index in [-0.39, 0.29) is 19.1 Å². The lowest BCUT2D eigenvalue weighted by atomic mass is 10.1. The molecule has 1 atom stereocenters. The van der Waals surface area contributed by atoms with Gasteiger partial charge in [0.15, 0.2) is 0 Å². The molecule has 7 nitrogen and oxygen atoms in total. The van der Waals surface area contributed by atoms with Gasteiger partial charge in [-0.3, -0.25) is 0 Å². The third-order valence-electron chi connectivity index (χ3n) is 4.10. The molecule has 0 aliphatic carbocycles. The van der Waals surface area contributed by atoms with Crippen molar-refractivity contribution < 1.29 is 19.1 Å². The van der Waals surface area contributed by atoms with Crippen LogP contribution in [0.25, 0.3) is 11.0 Å². The Morgan fingerprint density at radius 1 is 1.14 bits per heavy atom. The van der Waals surface area contributed by atoms with Crippen molar-refractivity contribution in [3.63, 3.8) is 0 Å². The van der Waals surface area contributed by atoms with E-state index in [2.05, 4.69) is 15.3 Å². The third kappa shape index (κ3) is 5.09. The van der Waals surface area contributed by atoms with E-state index in [0.717, 1.165) is 22.2 Å². The highest BCUT2D eigenvalue weighted by atomic mass is 16.6. The van der Waals surface area contributed by atoms with Crippen molar-refractivity contribution in [3.8, 4) is 0 Å². The minimum absolute atomic E-state index is 0.121. The second kappa shape index (κ2) is 9.03. The minimum Gasteiger partial charge on any atom is -0.461 e. The van der Waals surface area contributed by atoms with E-state index in [1.54, 1.807) is 26.2 Å². The summed E-state index contributed by atoms with van der Waals surface area (Å²) in [6.07, 6.45) is 2.77. The molecule has 0 unspecified atom stereocenters. The van der Waals surface area contributed by atoms with Crippen molar-refractivity contribution in [2.75, 3.05) is 0 Å². The molecule has 3 rings (SSSR count). The number of hydrogen-bond acceptors (Lipinski definition) is 5. The molecule has 0 aliphatic rings. The zero-order valence-electron chi connectivity index (χ0n) is 15.8. The highest BCUT2D eigenvalue weighted by Crippen LogP contribution is 2.18. The van der Waals surface area contributed by atoms with E-state index in [0.29, 0.717) is 0 Å². The summed E-state index contributed by atoms with van der Waals surface area (Å²) in [6, 6.07) is 12.2. The first kappa shape index (κ1) is 19.4. The lowest BCUT2D eigenvalue weighted by molar-refractivity contribution is -0.149. The molecule has 0 saturated heterocycles. The van der Waals surface area contributed by atoms with Crippen molar-refractivity contribution in [1.82, 2.24) is 15.3 Å². The number of carbonyl (C=O) groups is 2. The van der Waals surface area contributed by atoms with Gasteiger partial charge in [0.25, 0.3) is 0 Å². The highest BCUT2D eigenvalue weighted by molar-refractivity contribution is 5.84. The molecule has 2 aromatic heterocycles. The van der Waals surface area contributed by atoms with Crippen LogP contribution < -0.4 is 5.32 Å². The lowest BCUT2D eigenvalue weighted by Crippen LogP contribution is -2.44. The number of pyridine rings is 1. The van der Waals surface area contributed by atoms with Crippen LogP contribution in [-0.4, -0.2) is 34.2 Å². The Morgan fingerprint density at radius 2 is 1.93 bits per heavy atom. The average Bonchev–Trinajstić information content (AvgIpc) is 3.09. The smallest absolute Gasteiger partial charge is 0.408 e. The number of aromatic nitrogens is 2. The van der Waals surface area contributed by atoms with Gasteiger partial charge in [-0.15, -0.1) is 0 Å². The molecule has 2 N–H and O–H groups in total. The van der Waals surface area contributed by atoms with Crippen molar-refractivity contribution in [2.45, 2.75) is 39.0 Å². The van der Waals surface area contributed by atoms with Gasteiger partial charge in [-0.05, 0) is 37.1 Å². The van der Waals surface area contributed by atoms with Crippen molar-refractivity contribution in [1.29, 1.82) is 0 Å². The molecule has 0 spiro atoms. The lowest BCUT2D eigenvalue weighted by Gasteiger charge is -2.19. The van der Waals surface area contributed by atoms with Crippen LogP contribution in [0.2, 0.25) is 0 Å². The summed E-state index contributed by atoms with van der Waals surface area (Å²) < 4.78 is 10.5. The molecule has 0 radical (unpaired) electrons. The van der Waals surface area contributed by atoms with E-state index in [9.17, 15) is 9.59 Å². The van der Waals surface area contributed by atoms with E-state index < -0.39 is 18.1 Å². The van der Waals surface area contributed by atoms with Gasteiger partial charge in [-0.1, -0.05) is 30.3 Å². The van der Waals surface area contributed by atoms with E-state index in [1.807, 2.05) is 42.5 Å². The predicted molar refractivity (Wildman–Crippen MR) is 105 cm³/mol. The Labute approximate surface area is 163 Å². The van der Waals surface area contributed by atoms with Crippen LogP contribution in [-0.2, 0) is 27.3 Å². The number of hydrogen-bond donors (Lipinski definition) is 2. The van der Waals surface area contributed by atoms with Gasteiger partial charge in [-0.2, -0.15) is 0 Å². The summed E-state index contributed by atoms with van der Waals surface area (Å²) in [5, 5.41) is 3.52. The number of carbonyl (C=O) groups excluding carboxylic acids is 2. The SMILES string of the molecule is CC(C)OC(=O)[C@@H](Cc1c[nH]c2ncccc12)NC(=O)OCc1ccccc1. The molecule has 1 amide bonds. The molecule has 28 heavy (non-hydrogen) atoms. The first-order valence-electron chi connectivity index (χ1n) is 9.11. The van der Waals surface area contributed by atoms with Gasteiger partial charge in [0.05, 0.1) is 6.10 Å². The van der Waals surface area contributed by atoms with E-state index >= 15 is 0 Å². The van der Waals surface area contributed by atoms with Gasteiger partial charge < -0.3 is 19.8 Å². The van der Waals surface area contributed by atoms with Crippen molar-refractivity contribution >= 4 is 23.1 Å². The quantitative estimate of drug-likeness (QED) is 0.612. The fourth-order valence-electron chi connectivity index (χ4n) is 2.82. The second-order valence-electron chi connectivity index (χ2n) is 6.66. The number of ether oxygens (including phenoxy) is 2. The largest absolute Gasteiger partial charge is 0.461 e. The molecule has 0 aliphatic heterocycles. The number of rotatable bonds is 7. The molecular weight excluding hydrogens is 358 g/mol. The number of H-pyrrole nitrogens is 1. The Kier molecular flexibility index (Phi) is 6.26. The maximum Gasteiger partial charge on any atom is 0.408 e. The van der Waals surface area contributed by atoms with Crippen LogP contribution in [0.15, 0.2) is 54.9 Å². The molecule has 7 heteroatoms. The number of benzene rings is 1. The zero-order valence-corrected chi connectivity index (χ0v) is 15.8. The molecule has 1 aromatic carbocycles. The number of nitrogens with zero attached hydrogens (tertiary/aromatic N) is 1. The third-order valence-corrected chi connectivity index (χ3v) is 4.10. The Balaban J connectivity index is 1.69. The number of aromatic amines is 1. The van der Waals surface area contributed by atoms with Gasteiger partial charge in [0.1, 0.15) is 18.3 Å². The first-order chi connectivity index (χ1) is 13.5. The standard InChI is InChI=1S/C21H23N3O4/c1-14(2)28-20(25)18(11-16-12-23-19-17(16)9-6-10-22-19)24-21(26)27-13-15-7-4-3-5-8-15/h3-10,12,14,18H,11,13H2,1-2H3,(H,22,23)(H,24,26)/t18-/m1/s1. The van der Waals surface area contributed by atoms with Crippen LogP contribution in [0.1, 0.15) is 25.0 Å². The van der Waals surface area contributed by atoms with Crippen molar-refractivity contribution in [2.24, 2.45) is 0 Å². The topological polar surface area (TPSA) is 93.3 Å². The van der Waals surface area contributed by atoms with Crippen LogP contribution in [0, 0.1) is 0 Å². The maximum absolute atomic E-state index is 12.5. The summed E-state index contributed by atoms with van der Waals surface area (Å²) in [5.74, 6) is -0.509. The van der Waals surface area contributed by atoms with Crippen molar-refractivity contribution in [3.05, 3.63) is 66.0 Å². The van der Waals surface area contributed by atoms with Gasteiger partial charge in [0.2, 0.25) is 0 Å². The fraction of sp³-hybridized carbons (Fsp3) is 0.286. The Morgan fingerprint density at radius 3 is 2.68 bits per heavy atom. The minimum atomic E-state index is -0.870. The maximum atomic E-state index is 12.5. The molecule has 3 aromatic rings. The summed E-state index contributed by atoms with van der Waals surface area (Å²) in [5.41, 5.74) is 2.44. The molecule has 0 bridgehead atoms. The predicted octanol–water partition coefficient (Wildman–Crippen LogP) is 3.35. The summed E-state index contributed by atoms with van der Waals surface area (Å²) >= 11 is 0. The average molecular weight is 381 g/mol. The summed E-state index contributed by atoms with van der Waals surface area (Å²) in [7, 11) is 0. The van der Waals surface area contributed by atoms with Gasteiger partial charge in [-0.25, -0.2) is 14.6 Å². The number of amides is 1. The second-order valence-corrected chi connectivity index (χ2v) is 6.66. The van der Waals surface area contributed by atoms with Gasteiger partial charge in [0, 0.05) is 24.2 Å². The number of nitrogens with one attached hydrogen (secondary N) is 2. The Bertz CT molecular complexity index is 937. The molecule has 2 heterocycles. The number of alkyl carbamates (subject to hydrolysis) is 1. The van der Waals surface area contributed by atoms with Gasteiger partial charge >= 0.3 is 12.1 Å².